The van der Waals surface area contributed by atoms with Crippen molar-refractivity contribution in [3.8, 4) is 5.75 Å². The summed E-state index contributed by atoms with van der Waals surface area (Å²) in [7, 11) is 1.49. The first-order valence-electron chi connectivity index (χ1n) is 13.9. The van der Waals surface area contributed by atoms with Gasteiger partial charge in [0.15, 0.2) is 18.9 Å². The molecule has 246 valence electrons. The van der Waals surface area contributed by atoms with E-state index in [9.17, 15) is 40.9 Å². The van der Waals surface area contributed by atoms with Crippen LogP contribution in [-0.4, -0.2) is 160 Å². The van der Waals surface area contributed by atoms with E-state index in [0.717, 1.165) is 0 Å². The van der Waals surface area contributed by atoms with Gasteiger partial charge in [0.05, 0.1) is 45.1 Å². The number of nitrogens with two attached hydrogens (primary N) is 2. The Bertz CT molecular complexity index is 1010. The fraction of sp³-hybridized carbons (Fsp3) is 0.769. The Balaban J connectivity index is 1.61. The molecule has 0 saturated carbocycles. The Kier molecular flexibility index (Phi) is 12.0. The Morgan fingerprint density at radius 1 is 0.721 bits per heavy atom. The maximum atomic E-state index is 11.6. The summed E-state index contributed by atoms with van der Waals surface area (Å²) in [5.41, 5.74) is 12.6. The van der Waals surface area contributed by atoms with Crippen LogP contribution in [0.1, 0.15) is 5.56 Å². The summed E-state index contributed by atoms with van der Waals surface area (Å²) in [5.74, 6) is 0.542. The van der Waals surface area contributed by atoms with Crippen LogP contribution in [0.15, 0.2) is 24.3 Å². The minimum Gasteiger partial charge on any atom is -0.496 e. The summed E-state index contributed by atoms with van der Waals surface area (Å²) in [5, 5.41) is 85.6. The van der Waals surface area contributed by atoms with Crippen LogP contribution in [0.5, 0.6) is 5.75 Å². The third-order valence-corrected chi connectivity index (χ3v) is 8.01. The lowest BCUT2D eigenvalue weighted by Crippen LogP contribution is -2.69. The maximum Gasteiger partial charge on any atom is 0.176 e. The molecular weight excluding hydrogens is 578 g/mol. The minimum atomic E-state index is -1.58. The van der Waals surface area contributed by atoms with Gasteiger partial charge < -0.3 is 86.1 Å². The molecule has 43 heavy (non-hydrogen) atoms. The van der Waals surface area contributed by atoms with Gasteiger partial charge in [-0.3, -0.25) is 0 Å². The van der Waals surface area contributed by atoms with E-state index in [2.05, 4.69) is 5.32 Å². The Morgan fingerprint density at radius 3 is 1.95 bits per heavy atom. The molecule has 1 aromatic carbocycles. The molecule has 15 atom stereocenters. The van der Waals surface area contributed by atoms with Crippen LogP contribution in [0.4, 0.5) is 0 Å². The maximum absolute atomic E-state index is 11.6. The van der Waals surface area contributed by atoms with Gasteiger partial charge in [0, 0.05) is 12.1 Å². The normalized spacial score (nSPS) is 43.8. The molecule has 3 saturated heterocycles. The molecule has 17 heteroatoms. The second-order valence-corrected chi connectivity index (χ2v) is 10.7. The number of methoxy groups -OCH3 is 1. The fourth-order valence-corrected chi connectivity index (χ4v) is 5.45. The summed E-state index contributed by atoms with van der Waals surface area (Å²) in [4.78, 5) is 0. The molecule has 0 bridgehead atoms. The summed E-state index contributed by atoms with van der Waals surface area (Å²) in [6, 6.07) is 3.32. The molecule has 3 aliphatic heterocycles. The van der Waals surface area contributed by atoms with Gasteiger partial charge >= 0.3 is 0 Å². The predicted molar refractivity (Wildman–Crippen MR) is 143 cm³/mol. The van der Waals surface area contributed by atoms with Crippen LogP contribution in [-0.2, 0) is 30.2 Å². The number of rotatable bonds is 11. The molecule has 13 N–H and O–H groups in total. The molecule has 0 aliphatic carbocycles. The smallest absolute Gasteiger partial charge is 0.176 e. The van der Waals surface area contributed by atoms with Crippen molar-refractivity contribution < 1.29 is 69.3 Å². The molecule has 4 rings (SSSR count). The van der Waals surface area contributed by atoms with Crippen LogP contribution in [0.3, 0.4) is 0 Å². The molecule has 3 fully saturated rings. The van der Waals surface area contributed by atoms with Gasteiger partial charge in [-0.05, 0) is 6.07 Å². The lowest BCUT2D eigenvalue weighted by atomic mass is 9.94. The molecular formula is C26H43N3O14. The van der Waals surface area contributed by atoms with E-state index in [1.165, 1.54) is 7.11 Å². The number of benzene rings is 1. The second kappa shape index (κ2) is 15.1. The average molecular weight is 622 g/mol. The Morgan fingerprint density at radius 2 is 1.30 bits per heavy atom. The highest BCUT2D eigenvalue weighted by Crippen LogP contribution is 2.32. The number of hydrogen-bond donors (Lipinski definition) is 11. The van der Waals surface area contributed by atoms with Crippen molar-refractivity contribution >= 4 is 0 Å². The highest BCUT2D eigenvalue weighted by atomic mass is 16.7. The number of aliphatic hydroxyl groups excluding tert-OH is 8. The van der Waals surface area contributed by atoms with Gasteiger partial charge in [-0.2, -0.15) is 0 Å². The molecule has 17 nitrogen and oxygen atoms in total. The van der Waals surface area contributed by atoms with E-state index >= 15 is 0 Å². The molecule has 0 aromatic heterocycles. The molecule has 3 heterocycles. The first kappa shape index (κ1) is 34.3. The molecule has 1 aromatic rings. The lowest BCUT2D eigenvalue weighted by molar-refractivity contribution is -0.350. The third kappa shape index (κ3) is 7.28. The molecule has 0 amide bonds. The van der Waals surface area contributed by atoms with Crippen molar-refractivity contribution in [3.05, 3.63) is 29.8 Å². The summed E-state index contributed by atoms with van der Waals surface area (Å²) in [6.07, 6.45) is -17.0. The number of ether oxygens (including phenoxy) is 6. The van der Waals surface area contributed by atoms with Crippen molar-refractivity contribution in [2.45, 2.75) is 98.5 Å². The van der Waals surface area contributed by atoms with Gasteiger partial charge in [-0.1, -0.05) is 18.2 Å². The van der Waals surface area contributed by atoms with Crippen LogP contribution in [0.2, 0.25) is 0 Å². The topological polar surface area (TPSA) is 281 Å². The van der Waals surface area contributed by atoms with Gasteiger partial charge in [-0.25, -0.2) is 0 Å². The van der Waals surface area contributed by atoms with Gasteiger partial charge in [0.25, 0.3) is 0 Å². The Labute approximate surface area is 247 Å². The largest absolute Gasteiger partial charge is 0.496 e. The number of para-hydroxylation sites is 1. The molecule has 0 spiro atoms. The zero-order chi connectivity index (χ0) is 31.4. The standard InChI is InChI=1S/C26H43N3O14/c1-38-11-5-3-2-4-10(11)6-29-17-21(36)23(42-25-16(28)19(34)18(33)12(7-30)40-25)14(9-32)41-26(17)43-22-13(8-31)39-24(37)15(27)20(22)35/h2-5,12-26,29-37H,6-9,27-28H2,1H3/t12-,13-,14-,15-,16-,17-,18-,19-,20-,21-,22?,23?,24-,25+,26+/m1/s1. The van der Waals surface area contributed by atoms with Gasteiger partial charge in [0.2, 0.25) is 0 Å². The van der Waals surface area contributed by atoms with E-state index in [4.69, 9.17) is 39.9 Å². The monoisotopic (exact) mass is 621 g/mol. The van der Waals surface area contributed by atoms with Crippen molar-refractivity contribution in [3.63, 3.8) is 0 Å². The minimum absolute atomic E-state index is 0.105. The SMILES string of the molecule is COc1ccccc1CN[C@H]1[C@H](OC2[C@@H](CO)O[C@@H](O)[C@H](N)[C@H]2O)O[C@H](CO)C(O[C@@H]2O[C@H](CO)[C@@H](O)[C@H](O)[C@H]2N)[C@@H]1O. The highest BCUT2D eigenvalue weighted by Gasteiger charge is 2.53. The highest BCUT2D eigenvalue weighted by molar-refractivity contribution is 5.33. The van der Waals surface area contributed by atoms with Gasteiger partial charge in [-0.15, -0.1) is 0 Å². The zero-order valence-electron chi connectivity index (χ0n) is 23.5. The van der Waals surface area contributed by atoms with E-state index in [0.29, 0.717) is 11.3 Å². The van der Waals surface area contributed by atoms with Gasteiger partial charge in [0.1, 0.15) is 60.7 Å². The van der Waals surface area contributed by atoms with Crippen molar-refractivity contribution in [2.75, 3.05) is 26.9 Å². The average Bonchev–Trinajstić information content (AvgIpc) is 3.01. The number of nitrogens with one attached hydrogen (secondary N) is 1. The first-order chi connectivity index (χ1) is 20.6. The van der Waals surface area contributed by atoms with E-state index < -0.39 is 112 Å². The van der Waals surface area contributed by atoms with Crippen molar-refractivity contribution in [1.29, 1.82) is 0 Å². The van der Waals surface area contributed by atoms with Crippen molar-refractivity contribution in [1.82, 2.24) is 5.32 Å². The first-order valence-corrected chi connectivity index (χ1v) is 13.9. The van der Waals surface area contributed by atoms with E-state index in [-0.39, 0.29) is 6.54 Å². The van der Waals surface area contributed by atoms with Crippen LogP contribution in [0, 0.1) is 0 Å². The summed E-state index contributed by atoms with van der Waals surface area (Å²) in [6.45, 7) is -1.92. The lowest BCUT2D eigenvalue weighted by Gasteiger charge is -2.49. The Hall–Kier alpha value is -1.62. The number of hydrogen-bond acceptors (Lipinski definition) is 17. The molecule has 3 aliphatic rings. The van der Waals surface area contributed by atoms with Crippen LogP contribution >= 0.6 is 0 Å². The fourth-order valence-electron chi connectivity index (χ4n) is 5.45. The van der Waals surface area contributed by atoms with Crippen LogP contribution in [0.25, 0.3) is 0 Å². The van der Waals surface area contributed by atoms with Crippen LogP contribution < -0.4 is 21.5 Å². The zero-order valence-corrected chi connectivity index (χ0v) is 23.5. The second-order valence-electron chi connectivity index (χ2n) is 10.7. The summed E-state index contributed by atoms with van der Waals surface area (Å²) >= 11 is 0. The quantitative estimate of drug-likeness (QED) is 0.110. The molecule has 0 radical (unpaired) electrons. The molecule has 2 unspecified atom stereocenters. The van der Waals surface area contributed by atoms with E-state index in [1.807, 2.05) is 0 Å². The third-order valence-electron chi connectivity index (χ3n) is 8.01. The van der Waals surface area contributed by atoms with Crippen molar-refractivity contribution in [2.24, 2.45) is 11.5 Å². The summed E-state index contributed by atoms with van der Waals surface area (Å²) < 4.78 is 34.2. The van der Waals surface area contributed by atoms with E-state index in [1.54, 1.807) is 24.3 Å². The predicted octanol–water partition coefficient (Wildman–Crippen LogP) is -5.83. The number of aliphatic hydroxyl groups is 8.